The highest BCUT2D eigenvalue weighted by Gasteiger charge is 2.40. The maximum atomic E-state index is 13.3. The number of fused-ring (bicyclic) bond motifs is 1. The minimum absolute atomic E-state index is 0.0669. The molecule has 244 valence electrons. The van der Waals surface area contributed by atoms with Crippen molar-refractivity contribution in [2.45, 2.75) is 24.7 Å². The molecule has 1 aliphatic heterocycles. The van der Waals surface area contributed by atoms with Crippen LogP contribution in [-0.4, -0.2) is 61.8 Å². The van der Waals surface area contributed by atoms with Crippen LogP contribution in [0.2, 0.25) is 0 Å². The van der Waals surface area contributed by atoms with Crippen LogP contribution in [0, 0.1) is 0 Å². The standard InChI is InChI=1S/C38H35N3O7/c42-32-15-13-30(31-14-16-34(44)40-35(31)32)33(43)23-39-22-24-9-11-26(12-10-24)36(45)41-19-17-25(18-20-41)27-5-4-8-29(21-27)38(48,37(46)47)28-6-2-1-3-7-28/h1-17,21,33,39,42-43,48H,18-20,22-23H2,(H,40,44)(H,46,47). The van der Waals surface area contributed by atoms with Gasteiger partial charge >= 0.3 is 5.97 Å². The van der Waals surface area contributed by atoms with Crippen molar-refractivity contribution in [2.75, 3.05) is 19.6 Å². The number of carboxylic acid groups (broad SMARTS) is 1. The number of aromatic hydroxyl groups is 1. The first-order chi connectivity index (χ1) is 23.1. The summed E-state index contributed by atoms with van der Waals surface area (Å²) in [5.41, 5.74) is 2.09. The molecule has 1 aromatic heterocycles. The highest BCUT2D eigenvalue weighted by Crippen LogP contribution is 2.33. The van der Waals surface area contributed by atoms with Gasteiger partial charge in [-0.2, -0.15) is 0 Å². The van der Waals surface area contributed by atoms with Crippen LogP contribution in [0.1, 0.15) is 50.7 Å². The third-order valence-electron chi connectivity index (χ3n) is 8.78. The van der Waals surface area contributed by atoms with E-state index in [9.17, 15) is 34.8 Å². The third kappa shape index (κ3) is 6.50. The van der Waals surface area contributed by atoms with E-state index in [1.165, 1.54) is 12.1 Å². The van der Waals surface area contributed by atoms with Crippen LogP contribution in [0.5, 0.6) is 5.75 Å². The number of nitrogens with zero attached hydrogens (tertiary/aromatic N) is 1. The summed E-state index contributed by atoms with van der Waals surface area (Å²) in [7, 11) is 0. The van der Waals surface area contributed by atoms with E-state index in [4.69, 9.17) is 0 Å². The Hall–Kier alpha value is -5.55. The van der Waals surface area contributed by atoms with Gasteiger partial charge in [0.05, 0.1) is 11.6 Å². The van der Waals surface area contributed by atoms with Gasteiger partial charge in [0.25, 0.3) is 5.91 Å². The Bertz CT molecular complexity index is 2060. The number of hydrogen-bond donors (Lipinski definition) is 6. The lowest BCUT2D eigenvalue weighted by molar-refractivity contribution is -0.155. The molecule has 0 radical (unpaired) electrons. The maximum Gasteiger partial charge on any atom is 0.345 e. The Balaban J connectivity index is 1.06. The number of carboxylic acids is 1. The molecule has 10 nitrogen and oxygen atoms in total. The van der Waals surface area contributed by atoms with E-state index in [1.807, 2.05) is 24.3 Å². The van der Waals surface area contributed by atoms with Gasteiger partial charge in [0.2, 0.25) is 11.2 Å². The van der Waals surface area contributed by atoms with Gasteiger partial charge in [0, 0.05) is 48.8 Å². The van der Waals surface area contributed by atoms with Crippen LogP contribution < -0.4 is 10.9 Å². The van der Waals surface area contributed by atoms with Crippen LogP contribution in [0.4, 0.5) is 0 Å². The first-order valence-corrected chi connectivity index (χ1v) is 15.6. The van der Waals surface area contributed by atoms with Gasteiger partial charge in [0.15, 0.2) is 0 Å². The highest BCUT2D eigenvalue weighted by atomic mass is 16.4. The normalized spacial score (nSPS) is 15.0. The van der Waals surface area contributed by atoms with Gasteiger partial charge in [-0.3, -0.25) is 9.59 Å². The first-order valence-electron chi connectivity index (χ1n) is 15.6. The predicted octanol–water partition coefficient (Wildman–Crippen LogP) is 4.31. The Labute approximate surface area is 276 Å². The number of carbonyl (C=O) groups is 2. The van der Waals surface area contributed by atoms with Crippen molar-refractivity contribution in [2.24, 2.45) is 0 Å². The number of phenols is 1. The largest absolute Gasteiger partial charge is 0.506 e. The summed E-state index contributed by atoms with van der Waals surface area (Å²) in [6.07, 6.45) is 1.65. The number of nitrogens with one attached hydrogen (secondary N) is 2. The van der Waals surface area contributed by atoms with E-state index >= 15 is 0 Å². The Morgan fingerprint density at radius 1 is 0.917 bits per heavy atom. The fraction of sp³-hybridized carbons (Fsp3) is 0.184. The summed E-state index contributed by atoms with van der Waals surface area (Å²) in [6, 6.07) is 28.5. The summed E-state index contributed by atoms with van der Waals surface area (Å²) in [4.78, 5) is 41.6. The second-order valence-corrected chi connectivity index (χ2v) is 11.8. The molecule has 0 saturated heterocycles. The van der Waals surface area contributed by atoms with Crippen molar-refractivity contribution >= 4 is 28.4 Å². The number of benzene rings is 4. The zero-order chi connectivity index (χ0) is 33.8. The monoisotopic (exact) mass is 645 g/mol. The molecule has 1 amide bonds. The second kappa shape index (κ2) is 13.7. The molecule has 2 unspecified atom stereocenters. The average Bonchev–Trinajstić information content (AvgIpc) is 3.12. The minimum Gasteiger partial charge on any atom is -0.506 e. The van der Waals surface area contributed by atoms with E-state index in [0.717, 1.165) is 16.7 Å². The summed E-state index contributed by atoms with van der Waals surface area (Å²) in [6.45, 7) is 1.56. The van der Waals surface area contributed by atoms with E-state index in [1.54, 1.807) is 77.7 Å². The lowest BCUT2D eigenvalue weighted by Crippen LogP contribution is -2.37. The Morgan fingerprint density at radius 2 is 1.67 bits per heavy atom. The molecule has 48 heavy (non-hydrogen) atoms. The molecule has 0 bridgehead atoms. The van der Waals surface area contributed by atoms with Crippen molar-refractivity contribution in [1.82, 2.24) is 15.2 Å². The molecule has 5 aromatic rings. The van der Waals surface area contributed by atoms with Gasteiger partial charge in [0.1, 0.15) is 5.75 Å². The lowest BCUT2D eigenvalue weighted by atomic mass is 9.84. The third-order valence-corrected chi connectivity index (χ3v) is 8.78. The summed E-state index contributed by atoms with van der Waals surface area (Å²) in [5, 5.41) is 45.9. The van der Waals surface area contributed by atoms with E-state index < -0.39 is 17.7 Å². The van der Waals surface area contributed by atoms with Gasteiger partial charge in [-0.05, 0) is 64.6 Å². The number of aromatic nitrogens is 1. The lowest BCUT2D eigenvalue weighted by Gasteiger charge is -2.28. The number of H-pyrrole nitrogens is 1. The molecule has 1 aliphatic rings. The number of aliphatic hydroxyl groups is 2. The maximum absolute atomic E-state index is 13.3. The second-order valence-electron chi connectivity index (χ2n) is 11.8. The van der Waals surface area contributed by atoms with Crippen LogP contribution >= 0.6 is 0 Å². The zero-order valence-corrected chi connectivity index (χ0v) is 26.0. The van der Waals surface area contributed by atoms with Gasteiger partial charge < -0.3 is 35.6 Å². The molecule has 2 atom stereocenters. The van der Waals surface area contributed by atoms with Gasteiger partial charge in [-0.25, -0.2) is 4.79 Å². The van der Waals surface area contributed by atoms with E-state index in [-0.39, 0.29) is 40.4 Å². The summed E-state index contributed by atoms with van der Waals surface area (Å²) >= 11 is 0. The topological polar surface area (TPSA) is 163 Å². The Morgan fingerprint density at radius 3 is 2.38 bits per heavy atom. The van der Waals surface area contributed by atoms with E-state index in [2.05, 4.69) is 10.3 Å². The number of pyridine rings is 1. The van der Waals surface area contributed by atoms with Crippen LogP contribution in [-0.2, 0) is 16.9 Å². The van der Waals surface area contributed by atoms with E-state index in [0.29, 0.717) is 42.6 Å². The average molecular weight is 646 g/mol. The van der Waals surface area contributed by atoms with Crippen molar-refractivity contribution in [1.29, 1.82) is 0 Å². The molecule has 6 N–H and O–H groups in total. The molecule has 10 heteroatoms. The molecular formula is C38H35N3O7. The molecule has 0 aliphatic carbocycles. The number of hydrogen-bond acceptors (Lipinski definition) is 7. The quantitative estimate of drug-likeness (QED) is 0.131. The fourth-order valence-electron chi connectivity index (χ4n) is 6.11. The number of amides is 1. The molecule has 0 saturated carbocycles. The number of aliphatic carboxylic acids is 1. The number of carbonyl (C=O) groups excluding carboxylic acids is 1. The highest BCUT2D eigenvalue weighted by molar-refractivity contribution is 5.95. The summed E-state index contributed by atoms with van der Waals surface area (Å²) < 4.78 is 0. The van der Waals surface area contributed by atoms with Gasteiger partial charge in [-0.15, -0.1) is 0 Å². The smallest absolute Gasteiger partial charge is 0.345 e. The molecule has 6 rings (SSSR count). The minimum atomic E-state index is -2.19. The van der Waals surface area contributed by atoms with Crippen LogP contribution in [0.15, 0.2) is 114 Å². The van der Waals surface area contributed by atoms with Crippen LogP contribution in [0.3, 0.4) is 0 Å². The Kier molecular flexibility index (Phi) is 9.22. The number of rotatable bonds is 10. The number of aromatic amines is 1. The molecule has 0 fully saturated rings. The summed E-state index contributed by atoms with van der Waals surface area (Å²) in [5.74, 6) is -1.53. The predicted molar refractivity (Wildman–Crippen MR) is 181 cm³/mol. The molecule has 0 spiro atoms. The van der Waals surface area contributed by atoms with Crippen molar-refractivity contribution in [3.05, 3.63) is 153 Å². The zero-order valence-electron chi connectivity index (χ0n) is 26.0. The SMILES string of the molecule is O=C(c1ccc(CNCC(O)c2ccc(O)c3[nH]c(=O)ccc23)cc1)N1CC=C(c2cccc(C(O)(C(=O)O)c3ccccc3)c2)CC1. The molecule has 4 aromatic carbocycles. The fourth-order valence-corrected chi connectivity index (χ4v) is 6.11. The van der Waals surface area contributed by atoms with Crippen molar-refractivity contribution < 1.29 is 30.0 Å². The van der Waals surface area contributed by atoms with Gasteiger partial charge in [-0.1, -0.05) is 72.8 Å². The molecule has 2 heterocycles. The number of phenolic OH excluding ortho intramolecular Hbond substituents is 1. The number of aliphatic hydroxyl groups excluding tert-OH is 1. The molecular weight excluding hydrogens is 610 g/mol. The van der Waals surface area contributed by atoms with Crippen LogP contribution in [0.25, 0.3) is 16.5 Å². The van der Waals surface area contributed by atoms with Crippen molar-refractivity contribution in [3.63, 3.8) is 0 Å². The first kappa shape index (κ1) is 32.4. The van der Waals surface area contributed by atoms with Crippen molar-refractivity contribution in [3.8, 4) is 5.75 Å².